The van der Waals surface area contributed by atoms with Crippen molar-refractivity contribution in [3.05, 3.63) is 65.3 Å². The molecule has 2 aromatic heterocycles. The summed E-state index contributed by atoms with van der Waals surface area (Å²) in [7, 11) is 0. The second-order valence-electron chi connectivity index (χ2n) is 6.92. The molecule has 0 unspecified atom stereocenters. The van der Waals surface area contributed by atoms with Crippen molar-refractivity contribution in [3.63, 3.8) is 0 Å². The van der Waals surface area contributed by atoms with Crippen LogP contribution in [0.5, 0.6) is 0 Å². The number of halogens is 1. The van der Waals surface area contributed by atoms with E-state index in [1.165, 1.54) is 4.70 Å². The molecule has 1 fully saturated rings. The van der Waals surface area contributed by atoms with Gasteiger partial charge >= 0.3 is 0 Å². The predicted octanol–water partition coefficient (Wildman–Crippen LogP) is 4.30. The normalized spacial score (nSPS) is 14.5. The van der Waals surface area contributed by atoms with Crippen molar-refractivity contribution >= 4 is 44.2 Å². The number of amides is 1. The summed E-state index contributed by atoms with van der Waals surface area (Å²) in [5, 5.41) is 8.85. The lowest BCUT2D eigenvalue weighted by molar-refractivity contribution is 0.0741. The maximum absolute atomic E-state index is 12.9. The summed E-state index contributed by atoms with van der Waals surface area (Å²) in [6.45, 7) is 2.85. The lowest BCUT2D eigenvalue weighted by atomic mass is 10.1. The van der Waals surface area contributed by atoms with Crippen LogP contribution in [0.4, 0.5) is 5.13 Å². The molecule has 5 rings (SSSR count). The number of nitrogens with zero attached hydrogens (tertiary/aromatic N) is 4. The fourth-order valence-corrected chi connectivity index (χ4v) is 4.61. The van der Waals surface area contributed by atoms with E-state index in [0.29, 0.717) is 23.8 Å². The average molecular weight is 424 g/mol. The van der Waals surface area contributed by atoms with Gasteiger partial charge in [0.1, 0.15) is 5.69 Å². The van der Waals surface area contributed by atoms with Crippen molar-refractivity contribution in [1.29, 1.82) is 0 Å². The molecule has 1 N–H and O–H groups in total. The van der Waals surface area contributed by atoms with E-state index in [0.717, 1.165) is 35.0 Å². The number of benzene rings is 2. The molecular formula is C21H18ClN5OS. The van der Waals surface area contributed by atoms with Crippen LogP contribution < -0.4 is 4.90 Å². The van der Waals surface area contributed by atoms with Gasteiger partial charge in [0.25, 0.3) is 5.91 Å². The highest BCUT2D eigenvalue weighted by atomic mass is 35.5. The molecule has 3 heterocycles. The highest BCUT2D eigenvalue weighted by Crippen LogP contribution is 2.29. The largest absolute Gasteiger partial charge is 0.345 e. The number of carbonyl (C=O) groups excluding carboxylic acids is 1. The van der Waals surface area contributed by atoms with E-state index >= 15 is 0 Å². The first kappa shape index (κ1) is 18.1. The molecule has 0 spiro atoms. The van der Waals surface area contributed by atoms with Crippen molar-refractivity contribution < 1.29 is 4.79 Å². The Labute approximate surface area is 176 Å². The number of nitrogens with one attached hydrogen (secondary N) is 1. The first-order valence-electron chi connectivity index (χ1n) is 9.38. The molecule has 1 aliphatic rings. The number of anilines is 1. The Balaban J connectivity index is 1.26. The van der Waals surface area contributed by atoms with Gasteiger partial charge in [-0.25, -0.2) is 4.98 Å². The Kier molecular flexibility index (Phi) is 4.69. The zero-order valence-electron chi connectivity index (χ0n) is 15.5. The van der Waals surface area contributed by atoms with Crippen LogP contribution >= 0.6 is 22.9 Å². The van der Waals surface area contributed by atoms with Gasteiger partial charge in [-0.05, 0) is 30.3 Å². The van der Waals surface area contributed by atoms with Gasteiger partial charge in [0.05, 0.1) is 15.9 Å². The highest BCUT2D eigenvalue weighted by molar-refractivity contribution is 7.22. The SMILES string of the molecule is O=C(c1cc(-c2ccc(Cl)cc2)n[nH]1)N1CCN(c2nc3ccccc3s2)CC1. The first-order valence-corrected chi connectivity index (χ1v) is 10.6. The van der Waals surface area contributed by atoms with Gasteiger partial charge in [-0.2, -0.15) is 5.10 Å². The summed E-state index contributed by atoms with van der Waals surface area (Å²) in [5.74, 6) is -0.0262. The van der Waals surface area contributed by atoms with E-state index in [1.807, 2.05) is 47.4 Å². The zero-order chi connectivity index (χ0) is 19.8. The Morgan fingerprint density at radius 1 is 1.03 bits per heavy atom. The monoisotopic (exact) mass is 423 g/mol. The zero-order valence-corrected chi connectivity index (χ0v) is 17.1. The summed E-state index contributed by atoms with van der Waals surface area (Å²) >= 11 is 7.64. The number of hydrogen-bond donors (Lipinski definition) is 1. The standard InChI is InChI=1S/C21H18ClN5OS/c22-15-7-5-14(6-8-15)17-13-18(25-24-17)20(28)26-9-11-27(12-10-26)21-23-16-3-1-2-4-19(16)29-21/h1-8,13H,9-12H2,(H,24,25). The quantitative estimate of drug-likeness (QED) is 0.533. The van der Waals surface area contributed by atoms with Crippen molar-refractivity contribution in [2.75, 3.05) is 31.1 Å². The second kappa shape index (κ2) is 7.50. The fraction of sp³-hybridized carbons (Fsp3) is 0.190. The Hall–Kier alpha value is -2.90. The third-order valence-corrected chi connectivity index (χ3v) is 6.42. The Bertz CT molecular complexity index is 1130. The van der Waals surface area contributed by atoms with Gasteiger partial charge in [-0.15, -0.1) is 0 Å². The molecule has 0 radical (unpaired) electrons. The van der Waals surface area contributed by atoms with Crippen LogP contribution in [-0.2, 0) is 0 Å². The van der Waals surface area contributed by atoms with Crippen LogP contribution in [0.1, 0.15) is 10.5 Å². The number of piperazine rings is 1. The molecule has 1 amide bonds. The van der Waals surface area contributed by atoms with Gasteiger partial charge in [-0.3, -0.25) is 9.89 Å². The number of fused-ring (bicyclic) bond motifs is 1. The molecule has 0 atom stereocenters. The third-order valence-electron chi connectivity index (χ3n) is 5.07. The van der Waals surface area contributed by atoms with E-state index in [9.17, 15) is 4.79 Å². The molecule has 1 aliphatic heterocycles. The molecule has 8 heteroatoms. The number of aromatic amines is 1. The van der Waals surface area contributed by atoms with Crippen molar-refractivity contribution in [2.45, 2.75) is 0 Å². The summed E-state index contributed by atoms with van der Waals surface area (Å²) in [6.07, 6.45) is 0. The topological polar surface area (TPSA) is 65.1 Å². The minimum Gasteiger partial charge on any atom is -0.345 e. The lowest BCUT2D eigenvalue weighted by Gasteiger charge is -2.34. The number of aromatic nitrogens is 3. The first-order chi connectivity index (χ1) is 14.2. The molecule has 29 heavy (non-hydrogen) atoms. The van der Waals surface area contributed by atoms with Crippen LogP contribution in [0, 0.1) is 0 Å². The number of hydrogen-bond acceptors (Lipinski definition) is 5. The average Bonchev–Trinajstić information content (AvgIpc) is 3.41. The van der Waals surface area contributed by atoms with E-state index < -0.39 is 0 Å². The van der Waals surface area contributed by atoms with Crippen LogP contribution in [0.25, 0.3) is 21.5 Å². The lowest BCUT2D eigenvalue weighted by Crippen LogP contribution is -2.48. The smallest absolute Gasteiger partial charge is 0.272 e. The summed E-state index contributed by atoms with van der Waals surface area (Å²) in [4.78, 5) is 21.7. The molecule has 1 saturated heterocycles. The fourth-order valence-electron chi connectivity index (χ4n) is 3.47. The van der Waals surface area contributed by atoms with E-state index in [4.69, 9.17) is 16.6 Å². The second-order valence-corrected chi connectivity index (χ2v) is 8.36. The van der Waals surface area contributed by atoms with Crippen molar-refractivity contribution in [2.24, 2.45) is 0 Å². The summed E-state index contributed by atoms with van der Waals surface area (Å²) in [5.41, 5.74) is 3.19. The molecule has 4 aromatic rings. The number of para-hydroxylation sites is 1. The molecule has 0 bridgehead atoms. The van der Waals surface area contributed by atoms with Crippen LogP contribution in [-0.4, -0.2) is 52.2 Å². The number of carbonyl (C=O) groups is 1. The van der Waals surface area contributed by atoms with E-state index in [2.05, 4.69) is 21.2 Å². The third kappa shape index (κ3) is 3.59. The van der Waals surface area contributed by atoms with Crippen LogP contribution in [0.15, 0.2) is 54.6 Å². The van der Waals surface area contributed by atoms with Gasteiger partial charge in [0.2, 0.25) is 0 Å². The minimum atomic E-state index is -0.0262. The minimum absolute atomic E-state index is 0.0262. The predicted molar refractivity (Wildman–Crippen MR) is 117 cm³/mol. The van der Waals surface area contributed by atoms with E-state index in [-0.39, 0.29) is 5.91 Å². The maximum atomic E-state index is 12.9. The number of thiazole rings is 1. The number of H-pyrrole nitrogens is 1. The van der Waals surface area contributed by atoms with Crippen molar-refractivity contribution in [3.8, 4) is 11.3 Å². The maximum Gasteiger partial charge on any atom is 0.272 e. The molecule has 2 aromatic carbocycles. The Morgan fingerprint density at radius 3 is 2.55 bits per heavy atom. The van der Waals surface area contributed by atoms with Gasteiger partial charge < -0.3 is 9.80 Å². The van der Waals surface area contributed by atoms with Gasteiger partial charge in [0, 0.05) is 36.8 Å². The molecule has 146 valence electrons. The molecule has 6 nitrogen and oxygen atoms in total. The summed E-state index contributed by atoms with van der Waals surface area (Å²) < 4.78 is 1.19. The molecular weight excluding hydrogens is 406 g/mol. The van der Waals surface area contributed by atoms with Crippen LogP contribution in [0.3, 0.4) is 0 Å². The van der Waals surface area contributed by atoms with Gasteiger partial charge in [0.15, 0.2) is 5.13 Å². The van der Waals surface area contributed by atoms with Crippen LogP contribution in [0.2, 0.25) is 5.02 Å². The van der Waals surface area contributed by atoms with Gasteiger partial charge in [-0.1, -0.05) is 47.2 Å². The van der Waals surface area contributed by atoms with E-state index in [1.54, 1.807) is 17.4 Å². The molecule has 0 aliphatic carbocycles. The highest BCUT2D eigenvalue weighted by Gasteiger charge is 2.25. The Morgan fingerprint density at radius 2 is 1.79 bits per heavy atom. The molecule has 0 saturated carbocycles. The summed E-state index contributed by atoms with van der Waals surface area (Å²) in [6, 6.07) is 17.4. The number of rotatable bonds is 3. The van der Waals surface area contributed by atoms with Crippen molar-refractivity contribution in [1.82, 2.24) is 20.1 Å².